The van der Waals surface area contributed by atoms with Crippen molar-refractivity contribution in [1.82, 2.24) is 0 Å². The molecule has 0 radical (unpaired) electrons. The maximum Gasteiger partial charge on any atom is 0.261 e. The van der Waals surface area contributed by atoms with Gasteiger partial charge in [-0.3, -0.25) is 0 Å². The molecule has 4 aliphatic rings. The van der Waals surface area contributed by atoms with Crippen LogP contribution in [0.4, 0.5) is 0 Å². The van der Waals surface area contributed by atoms with Gasteiger partial charge in [-0.25, -0.2) is 0 Å². The van der Waals surface area contributed by atoms with Crippen LogP contribution in [0.3, 0.4) is 0 Å². The van der Waals surface area contributed by atoms with Crippen LogP contribution in [0.25, 0.3) is 0 Å². The zero-order valence-corrected chi connectivity index (χ0v) is 47.6. The Hall–Kier alpha value is -3.19. The van der Waals surface area contributed by atoms with Crippen LogP contribution in [0, 0.1) is 29.1 Å². The molecule has 0 aromatic heterocycles. The smallest absolute Gasteiger partial charge is 0.261 e. The zero-order valence-electron chi connectivity index (χ0n) is 44.6. The van der Waals surface area contributed by atoms with Gasteiger partial charge in [0.2, 0.25) is 0 Å². The summed E-state index contributed by atoms with van der Waals surface area (Å²) in [5.41, 5.74) is 1.25. The standard InChI is InChI=1S/C61H86O5Si3/c1-15-54-60(11,12)56-53(66-69(59(8,9)10,50-32-24-18-25-33-50)51-34-26-19-27-35-51)41-61(54,65-56)55(62)52-37-36-44(39-47(52)43-63-67(13,14)57(2,3)4)38-45-40-46(45)42-64-68(58(5,6)7,48-28-20-16-21-29-48)49-30-22-17-23-31-49/h15-35,44-46,53-56,62H,1,36-43H2,2-14H3/t44?,45-,46+,53-,54-,55-,56-,61+/m0/s1. The molecule has 8 rings (SSSR count). The highest BCUT2D eigenvalue weighted by atomic mass is 28.4. The van der Waals surface area contributed by atoms with E-state index in [1.165, 1.54) is 39.2 Å². The van der Waals surface area contributed by atoms with Gasteiger partial charge in [0.1, 0.15) is 11.7 Å². The first-order valence-corrected chi connectivity index (χ1v) is 33.0. The van der Waals surface area contributed by atoms with Crippen molar-refractivity contribution in [3.8, 4) is 0 Å². The fourth-order valence-electron chi connectivity index (χ4n) is 13.1. The van der Waals surface area contributed by atoms with E-state index in [0.29, 0.717) is 30.8 Å². The molecule has 1 N–H and O–H groups in total. The van der Waals surface area contributed by atoms with Gasteiger partial charge in [0.25, 0.3) is 16.6 Å². The van der Waals surface area contributed by atoms with Crippen LogP contribution in [0.5, 0.6) is 0 Å². The molecule has 1 saturated carbocycles. The molecule has 2 saturated heterocycles. The molecule has 4 aromatic rings. The van der Waals surface area contributed by atoms with Gasteiger partial charge in [-0.15, -0.1) is 6.58 Å². The first-order valence-electron chi connectivity index (χ1n) is 26.3. The maximum atomic E-state index is 13.3. The molecular formula is C61H86O5Si3. The average Bonchev–Trinajstić information content (AvgIpc) is 3.85. The lowest BCUT2D eigenvalue weighted by atomic mass is 9.59. The number of aliphatic hydroxyl groups is 1. The highest BCUT2D eigenvalue weighted by Crippen LogP contribution is 2.63. The van der Waals surface area contributed by atoms with Crippen molar-refractivity contribution in [2.24, 2.45) is 29.1 Å². The summed E-state index contributed by atoms with van der Waals surface area (Å²) >= 11 is 0. The molecule has 0 spiro atoms. The minimum atomic E-state index is -2.93. The lowest BCUT2D eigenvalue weighted by molar-refractivity contribution is -0.0796. The second kappa shape index (κ2) is 19.3. The van der Waals surface area contributed by atoms with Gasteiger partial charge in [-0.2, -0.15) is 0 Å². The Morgan fingerprint density at radius 1 is 0.696 bits per heavy atom. The highest BCUT2D eigenvalue weighted by molar-refractivity contribution is 7.00. The van der Waals surface area contributed by atoms with Crippen LogP contribution < -0.4 is 20.7 Å². The molecule has 2 heterocycles. The summed E-state index contributed by atoms with van der Waals surface area (Å²) in [7, 11) is -7.64. The quantitative estimate of drug-likeness (QED) is 0.0844. The van der Waals surface area contributed by atoms with E-state index >= 15 is 0 Å². The Labute approximate surface area is 420 Å². The van der Waals surface area contributed by atoms with Gasteiger partial charge >= 0.3 is 0 Å². The van der Waals surface area contributed by atoms with Crippen LogP contribution in [0.2, 0.25) is 28.2 Å². The molecule has 0 amide bonds. The molecular weight excluding hydrogens is 897 g/mol. The number of aliphatic hydroxyl groups excluding tert-OH is 1. The molecule has 8 heteroatoms. The van der Waals surface area contributed by atoms with Crippen molar-refractivity contribution in [3.63, 3.8) is 0 Å². The van der Waals surface area contributed by atoms with E-state index in [-0.39, 0.29) is 38.7 Å². The van der Waals surface area contributed by atoms with E-state index in [0.717, 1.165) is 31.4 Å². The number of ether oxygens (including phenoxy) is 1. The average molecular weight is 984 g/mol. The molecule has 372 valence electrons. The first kappa shape index (κ1) is 52.1. The number of rotatable bonds is 17. The van der Waals surface area contributed by atoms with Gasteiger partial charge < -0.3 is 23.1 Å². The van der Waals surface area contributed by atoms with E-state index in [4.69, 9.17) is 18.0 Å². The first-order chi connectivity index (χ1) is 32.4. The summed E-state index contributed by atoms with van der Waals surface area (Å²) < 4.78 is 30.0. The largest absolute Gasteiger partial charge is 0.413 e. The third-order valence-electron chi connectivity index (χ3n) is 17.9. The SMILES string of the molecule is C=C[C@H]1C(C)(C)[C@H]2O[C@]1([C@@H](O)C1=C(CO[Si](C)(C)C(C)(C)C)CC(C[C@H]3C[C@@H]3CO[Si](c3ccccc3)(c3ccccc3)C(C)(C)C)CC1)C[C@@H]2O[Si](c1ccccc1)(c1ccccc1)C(C)(C)C. The van der Waals surface area contributed by atoms with Crippen molar-refractivity contribution in [3.05, 3.63) is 145 Å². The number of benzene rings is 4. The van der Waals surface area contributed by atoms with E-state index in [2.05, 4.69) is 223 Å². The van der Waals surface area contributed by atoms with Gasteiger partial charge in [-0.1, -0.05) is 204 Å². The fourth-order valence-corrected chi connectivity index (χ4v) is 23.4. The summed E-state index contributed by atoms with van der Waals surface area (Å²) in [6.07, 6.45) is 6.72. The summed E-state index contributed by atoms with van der Waals surface area (Å²) in [5, 5.41) is 18.4. The van der Waals surface area contributed by atoms with Crippen LogP contribution >= 0.6 is 0 Å². The van der Waals surface area contributed by atoms with Crippen molar-refractivity contribution >= 4 is 45.7 Å². The molecule has 2 bridgehead atoms. The summed E-state index contributed by atoms with van der Waals surface area (Å²) in [4.78, 5) is 0. The molecule has 8 atom stereocenters. The predicted octanol–water partition coefficient (Wildman–Crippen LogP) is 12.4. The minimum absolute atomic E-state index is 0.0418. The van der Waals surface area contributed by atoms with Crippen LogP contribution in [0.1, 0.15) is 115 Å². The van der Waals surface area contributed by atoms with Crippen LogP contribution in [-0.2, 0) is 18.0 Å². The zero-order chi connectivity index (χ0) is 49.8. The van der Waals surface area contributed by atoms with Gasteiger partial charge in [0, 0.05) is 24.4 Å². The Kier molecular flexibility index (Phi) is 14.6. The normalized spacial score (nSPS) is 26.8. The fraction of sp³-hybridized carbons (Fsp3) is 0.541. The molecule has 1 unspecified atom stereocenters. The van der Waals surface area contributed by atoms with Gasteiger partial charge in [0.15, 0.2) is 8.32 Å². The van der Waals surface area contributed by atoms with E-state index in [9.17, 15) is 5.11 Å². The Morgan fingerprint density at radius 2 is 1.17 bits per heavy atom. The van der Waals surface area contributed by atoms with E-state index in [1.807, 2.05) is 0 Å². The third-order valence-corrected chi connectivity index (χ3v) is 32.4. The maximum absolute atomic E-state index is 13.3. The molecule has 4 aromatic carbocycles. The van der Waals surface area contributed by atoms with Crippen LogP contribution in [0.15, 0.2) is 145 Å². The summed E-state index contributed by atoms with van der Waals surface area (Å²) in [6, 6.07) is 44.0. The predicted molar refractivity (Wildman–Crippen MR) is 295 cm³/mol. The Balaban J connectivity index is 1.08. The lowest BCUT2D eigenvalue weighted by Gasteiger charge is -2.50. The second-order valence-electron chi connectivity index (χ2n) is 25.7. The molecule has 2 aliphatic carbocycles. The third kappa shape index (κ3) is 9.53. The van der Waals surface area contributed by atoms with Crippen LogP contribution in [-0.4, -0.2) is 67.2 Å². The van der Waals surface area contributed by atoms with E-state index in [1.54, 1.807) is 0 Å². The minimum Gasteiger partial charge on any atom is -0.413 e. The monoisotopic (exact) mass is 983 g/mol. The lowest BCUT2D eigenvalue weighted by Crippen LogP contribution is -2.69. The number of fused-ring (bicyclic) bond motifs is 2. The van der Waals surface area contributed by atoms with Crippen molar-refractivity contribution in [2.75, 3.05) is 13.2 Å². The topological polar surface area (TPSA) is 57.2 Å². The summed E-state index contributed by atoms with van der Waals surface area (Å²) in [5.74, 6) is 1.66. The van der Waals surface area contributed by atoms with Crippen molar-refractivity contribution in [2.45, 2.75) is 167 Å². The van der Waals surface area contributed by atoms with Gasteiger partial charge in [0.05, 0.1) is 18.8 Å². The molecule has 5 nitrogen and oxygen atoms in total. The Bertz CT molecular complexity index is 2320. The molecule has 2 aliphatic heterocycles. The Morgan fingerprint density at radius 3 is 1.62 bits per heavy atom. The highest BCUT2D eigenvalue weighted by Gasteiger charge is 2.71. The number of hydrogen-bond acceptors (Lipinski definition) is 5. The molecule has 3 fully saturated rings. The van der Waals surface area contributed by atoms with Crippen molar-refractivity contribution in [1.29, 1.82) is 0 Å². The van der Waals surface area contributed by atoms with Gasteiger partial charge in [-0.05, 0) is 110 Å². The molecule has 69 heavy (non-hydrogen) atoms. The van der Waals surface area contributed by atoms with Crippen molar-refractivity contribution < 1.29 is 23.1 Å². The number of hydrogen-bond donors (Lipinski definition) is 1. The second-order valence-corrected chi connectivity index (χ2v) is 39.1. The van der Waals surface area contributed by atoms with E-state index < -0.39 is 36.7 Å². The summed E-state index contributed by atoms with van der Waals surface area (Å²) in [6.45, 7) is 36.3.